The summed E-state index contributed by atoms with van der Waals surface area (Å²) >= 11 is 0. The van der Waals surface area contributed by atoms with E-state index < -0.39 is 12.1 Å². The third-order valence-electron chi connectivity index (χ3n) is 0.718. The Labute approximate surface area is 71.9 Å². The molecule has 0 fully saturated rings. The normalized spacial score (nSPS) is 9.08. The summed E-state index contributed by atoms with van der Waals surface area (Å²) in [5, 5.41) is 16.2. The zero-order valence-corrected chi connectivity index (χ0v) is 7.61. The Hall–Kier alpha value is -0.650. The summed E-state index contributed by atoms with van der Waals surface area (Å²) in [6.07, 6.45) is -0.481. The molecule has 0 rings (SSSR count). The van der Waals surface area contributed by atoms with Crippen LogP contribution in [0.25, 0.3) is 0 Å². The number of methoxy groups -OCH3 is 2. The van der Waals surface area contributed by atoms with Gasteiger partial charge in [-0.25, -0.2) is 0 Å². The maximum absolute atomic E-state index is 9.00. The first-order chi connectivity index (χ1) is 5.54. The van der Waals surface area contributed by atoms with E-state index in [-0.39, 0.29) is 0 Å². The third-order valence-corrected chi connectivity index (χ3v) is 0.718. The van der Waals surface area contributed by atoms with E-state index >= 15 is 0 Å². The van der Waals surface area contributed by atoms with Crippen LogP contribution in [0.15, 0.2) is 0 Å². The van der Waals surface area contributed by atoms with Crippen molar-refractivity contribution in [2.24, 2.45) is 0 Å². The summed E-state index contributed by atoms with van der Waals surface area (Å²) in [5.74, 6) is -0.833. The number of carboxylic acid groups (broad SMARTS) is 1. The molecule has 0 heterocycles. The summed E-state index contributed by atoms with van der Waals surface area (Å²) in [5.41, 5.74) is 0. The van der Waals surface area contributed by atoms with E-state index in [2.05, 4.69) is 9.47 Å². The SMILES string of the molecule is CC(=O)O.COCC(O)COC. The molecule has 0 aliphatic rings. The average molecular weight is 180 g/mol. The van der Waals surface area contributed by atoms with Crippen LogP contribution in [0.2, 0.25) is 0 Å². The highest BCUT2D eigenvalue weighted by Gasteiger charge is 1.99. The summed E-state index contributed by atoms with van der Waals surface area (Å²) in [4.78, 5) is 9.00. The summed E-state index contributed by atoms with van der Waals surface area (Å²) in [6, 6.07) is 0. The standard InChI is InChI=1S/C5H12O3.C2H4O2/c1-7-3-5(6)4-8-2;1-2(3)4/h5-6H,3-4H2,1-2H3;1H3,(H,3,4). The number of carboxylic acids is 1. The second kappa shape index (κ2) is 10.3. The Morgan fingerprint density at radius 2 is 1.58 bits per heavy atom. The topological polar surface area (TPSA) is 76.0 Å². The Morgan fingerprint density at radius 3 is 1.75 bits per heavy atom. The van der Waals surface area contributed by atoms with Crippen molar-refractivity contribution in [2.75, 3.05) is 27.4 Å². The van der Waals surface area contributed by atoms with Crippen LogP contribution in [0, 0.1) is 0 Å². The minimum atomic E-state index is -0.833. The Bertz CT molecular complexity index is 94.0. The Morgan fingerprint density at radius 1 is 1.33 bits per heavy atom. The molecule has 0 aliphatic heterocycles. The molecule has 0 aliphatic carbocycles. The molecule has 0 radical (unpaired) electrons. The van der Waals surface area contributed by atoms with Crippen molar-refractivity contribution >= 4 is 5.97 Å². The zero-order chi connectivity index (χ0) is 9.98. The van der Waals surface area contributed by atoms with Crippen LogP contribution in [0.3, 0.4) is 0 Å². The molecule has 5 heteroatoms. The number of aliphatic carboxylic acids is 1. The van der Waals surface area contributed by atoms with E-state index in [1.807, 2.05) is 0 Å². The number of aliphatic hydroxyl groups excluding tert-OH is 1. The van der Waals surface area contributed by atoms with E-state index in [0.717, 1.165) is 6.92 Å². The van der Waals surface area contributed by atoms with Gasteiger partial charge in [-0.1, -0.05) is 0 Å². The fraction of sp³-hybridized carbons (Fsp3) is 0.857. The predicted molar refractivity (Wildman–Crippen MR) is 43.1 cm³/mol. The highest BCUT2D eigenvalue weighted by Crippen LogP contribution is 1.82. The van der Waals surface area contributed by atoms with Crippen LogP contribution in [0.5, 0.6) is 0 Å². The van der Waals surface area contributed by atoms with Crippen LogP contribution >= 0.6 is 0 Å². The molecular weight excluding hydrogens is 164 g/mol. The second-order valence-corrected chi connectivity index (χ2v) is 2.08. The number of ether oxygens (including phenoxy) is 2. The molecule has 0 atom stereocenters. The van der Waals surface area contributed by atoms with Gasteiger partial charge in [-0.3, -0.25) is 4.79 Å². The number of carbonyl (C=O) groups is 1. The molecule has 0 bridgehead atoms. The van der Waals surface area contributed by atoms with Crippen LogP contribution < -0.4 is 0 Å². The largest absolute Gasteiger partial charge is 0.481 e. The van der Waals surface area contributed by atoms with Crippen LogP contribution in [-0.4, -0.2) is 49.7 Å². The van der Waals surface area contributed by atoms with Crippen molar-refractivity contribution in [3.05, 3.63) is 0 Å². The number of hydrogen-bond acceptors (Lipinski definition) is 4. The van der Waals surface area contributed by atoms with Crippen molar-refractivity contribution in [3.63, 3.8) is 0 Å². The molecule has 0 unspecified atom stereocenters. The van der Waals surface area contributed by atoms with E-state index in [1.165, 1.54) is 0 Å². The van der Waals surface area contributed by atoms with Gasteiger partial charge in [0.15, 0.2) is 0 Å². The number of rotatable bonds is 4. The van der Waals surface area contributed by atoms with Gasteiger partial charge in [0.2, 0.25) is 0 Å². The van der Waals surface area contributed by atoms with Gasteiger partial charge in [0.1, 0.15) is 6.10 Å². The molecule has 0 aromatic rings. The Kier molecular flexibility index (Phi) is 12.0. The molecule has 0 saturated heterocycles. The lowest BCUT2D eigenvalue weighted by Crippen LogP contribution is -2.19. The van der Waals surface area contributed by atoms with Gasteiger partial charge in [-0.2, -0.15) is 0 Å². The van der Waals surface area contributed by atoms with E-state index in [1.54, 1.807) is 14.2 Å². The van der Waals surface area contributed by atoms with Crippen molar-refractivity contribution in [1.29, 1.82) is 0 Å². The van der Waals surface area contributed by atoms with Gasteiger partial charge in [-0.05, 0) is 0 Å². The first-order valence-corrected chi connectivity index (χ1v) is 3.40. The third kappa shape index (κ3) is 22.8. The lowest BCUT2D eigenvalue weighted by Gasteiger charge is -2.05. The summed E-state index contributed by atoms with van der Waals surface area (Å²) in [7, 11) is 3.08. The molecule has 74 valence electrons. The summed E-state index contributed by atoms with van der Waals surface area (Å²) in [6.45, 7) is 1.77. The number of hydrogen-bond donors (Lipinski definition) is 2. The minimum absolute atomic E-state index is 0.341. The van der Waals surface area contributed by atoms with E-state index in [0.29, 0.717) is 13.2 Å². The minimum Gasteiger partial charge on any atom is -0.481 e. The van der Waals surface area contributed by atoms with Crippen LogP contribution in [0.4, 0.5) is 0 Å². The van der Waals surface area contributed by atoms with Gasteiger partial charge >= 0.3 is 0 Å². The molecule has 0 spiro atoms. The molecule has 5 nitrogen and oxygen atoms in total. The molecule has 0 aromatic heterocycles. The fourth-order valence-corrected chi connectivity index (χ4v) is 0.433. The van der Waals surface area contributed by atoms with Crippen molar-refractivity contribution < 1.29 is 24.5 Å². The monoisotopic (exact) mass is 180 g/mol. The first-order valence-electron chi connectivity index (χ1n) is 3.40. The van der Waals surface area contributed by atoms with Gasteiger partial charge in [0, 0.05) is 21.1 Å². The zero-order valence-electron chi connectivity index (χ0n) is 7.61. The second-order valence-electron chi connectivity index (χ2n) is 2.08. The molecule has 0 amide bonds. The maximum atomic E-state index is 9.00. The highest BCUT2D eigenvalue weighted by molar-refractivity contribution is 5.62. The van der Waals surface area contributed by atoms with Gasteiger partial charge < -0.3 is 19.7 Å². The van der Waals surface area contributed by atoms with Gasteiger partial charge in [0.05, 0.1) is 13.2 Å². The number of aliphatic hydroxyl groups is 1. The van der Waals surface area contributed by atoms with Gasteiger partial charge in [0.25, 0.3) is 5.97 Å². The van der Waals surface area contributed by atoms with E-state index in [4.69, 9.17) is 15.0 Å². The van der Waals surface area contributed by atoms with Crippen molar-refractivity contribution in [3.8, 4) is 0 Å². The maximum Gasteiger partial charge on any atom is 0.300 e. The van der Waals surface area contributed by atoms with Gasteiger partial charge in [-0.15, -0.1) is 0 Å². The van der Waals surface area contributed by atoms with Crippen LogP contribution in [-0.2, 0) is 14.3 Å². The van der Waals surface area contributed by atoms with E-state index in [9.17, 15) is 0 Å². The average Bonchev–Trinajstić information content (AvgIpc) is 1.87. The molecule has 0 saturated carbocycles. The molecule has 2 N–H and O–H groups in total. The predicted octanol–water partition coefficient (Wildman–Crippen LogP) is -0.269. The Balaban J connectivity index is 0. The quantitative estimate of drug-likeness (QED) is 0.623. The smallest absolute Gasteiger partial charge is 0.300 e. The fourth-order valence-electron chi connectivity index (χ4n) is 0.433. The van der Waals surface area contributed by atoms with Crippen molar-refractivity contribution in [2.45, 2.75) is 13.0 Å². The lowest BCUT2D eigenvalue weighted by atomic mass is 10.4. The molecule has 12 heavy (non-hydrogen) atoms. The summed E-state index contributed by atoms with van der Waals surface area (Å²) < 4.78 is 9.25. The van der Waals surface area contributed by atoms with Crippen LogP contribution in [0.1, 0.15) is 6.92 Å². The first kappa shape index (κ1) is 13.9. The van der Waals surface area contributed by atoms with Crippen molar-refractivity contribution in [1.82, 2.24) is 0 Å². The highest BCUT2D eigenvalue weighted by atomic mass is 16.5. The molecule has 0 aromatic carbocycles. The lowest BCUT2D eigenvalue weighted by molar-refractivity contribution is -0.134. The molecular formula is C7H16O5.